The summed E-state index contributed by atoms with van der Waals surface area (Å²) in [7, 11) is 0. The molecular weight excluding hydrogens is 302 g/mol. The van der Waals surface area contributed by atoms with Gasteiger partial charge in [0.25, 0.3) is 11.8 Å². The average molecular weight is 318 g/mol. The Morgan fingerprint density at radius 2 is 1.43 bits per heavy atom. The minimum Gasteiger partial charge on any atom is -0.352 e. The molecule has 6 heteroatoms. The molecule has 0 atom stereocenters. The quantitative estimate of drug-likeness (QED) is 0.888. The van der Waals surface area contributed by atoms with Crippen LogP contribution in [0.25, 0.3) is 0 Å². The van der Waals surface area contributed by atoms with E-state index in [9.17, 15) is 18.4 Å². The minimum absolute atomic E-state index is 0.194. The van der Waals surface area contributed by atoms with Gasteiger partial charge in [-0.25, -0.2) is 8.78 Å². The summed E-state index contributed by atoms with van der Waals surface area (Å²) < 4.78 is 27.0. The van der Waals surface area contributed by atoms with Crippen LogP contribution in [0.2, 0.25) is 0 Å². The first-order valence-electron chi connectivity index (χ1n) is 7.16. The van der Waals surface area contributed by atoms with Crippen LogP contribution in [0, 0.1) is 11.6 Å². The lowest BCUT2D eigenvalue weighted by molar-refractivity contribution is 0.0951. The average Bonchev–Trinajstić information content (AvgIpc) is 2.56. The lowest BCUT2D eigenvalue weighted by atomic mass is 10.1. The minimum atomic E-state index is -0.853. The van der Waals surface area contributed by atoms with E-state index >= 15 is 0 Å². The second kappa shape index (κ2) is 7.49. The summed E-state index contributed by atoms with van der Waals surface area (Å²) in [6, 6.07) is 9.14. The molecule has 120 valence electrons. The number of hydrogen-bond donors (Lipinski definition) is 2. The number of halogens is 2. The van der Waals surface area contributed by atoms with Gasteiger partial charge in [0.05, 0.1) is 0 Å². The van der Waals surface area contributed by atoms with Gasteiger partial charge in [-0.3, -0.25) is 9.59 Å². The molecule has 0 aliphatic heterocycles. The van der Waals surface area contributed by atoms with Crippen LogP contribution >= 0.6 is 0 Å². The van der Waals surface area contributed by atoms with E-state index in [1.807, 2.05) is 6.92 Å². The number of rotatable bonds is 5. The first kappa shape index (κ1) is 16.6. The van der Waals surface area contributed by atoms with Crippen LogP contribution in [-0.4, -0.2) is 18.4 Å². The standard InChI is InChI=1S/C17H16F2N2O2/c1-2-10-20-16(22)11-6-8-12(9-7-11)17(23)21-15-13(18)4-3-5-14(15)19/h3-9H,2,10H2,1H3,(H,20,22)(H,21,23). The molecule has 0 aromatic heterocycles. The lowest BCUT2D eigenvalue weighted by Crippen LogP contribution is -2.24. The van der Waals surface area contributed by atoms with Gasteiger partial charge in [-0.05, 0) is 42.8 Å². The van der Waals surface area contributed by atoms with Gasteiger partial charge < -0.3 is 10.6 Å². The van der Waals surface area contributed by atoms with E-state index in [0.29, 0.717) is 12.1 Å². The van der Waals surface area contributed by atoms with Crippen molar-refractivity contribution >= 4 is 17.5 Å². The SMILES string of the molecule is CCCNC(=O)c1ccc(C(=O)Nc2c(F)cccc2F)cc1. The second-order valence-electron chi connectivity index (χ2n) is 4.88. The predicted molar refractivity (Wildman–Crippen MR) is 83.4 cm³/mol. The van der Waals surface area contributed by atoms with Crippen molar-refractivity contribution in [3.05, 3.63) is 65.2 Å². The maximum Gasteiger partial charge on any atom is 0.255 e. The molecule has 2 N–H and O–H groups in total. The van der Waals surface area contributed by atoms with Crippen LogP contribution in [0.3, 0.4) is 0 Å². The number of anilines is 1. The van der Waals surface area contributed by atoms with E-state index in [1.165, 1.54) is 30.3 Å². The Kier molecular flexibility index (Phi) is 5.41. The monoisotopic (exact) mass is 318 g/mol. The van der Waals surface area contributed by atoms with Gasteiger partial charge >= 0.3 is 0 Å². The smallest absolute Gasteiger partial charge is 0.255 e. The van der Waals surface area contributed by atoms with Gasteiger partial charge in [0, 0.05) is 17.7 Å². The maximum absolute atomic E-state index is 13.5. The van der Waals surface area contributed by atoms with Crippen LogP contribution in [0.5, 0.6) is 0 Å². The molecule has 0 aliphatic rings. The van der Waals surface area contributed by atoms with Gasteiger partial charge in [0.2, 0.25) is 0 Å². The highest BCUT2D eigenvalue weighted by molar-refractivity contribution is 6.05. The van der Waals surface area contributed by atoms with E-state index in [4.69, 9.17) is 0 Å². The van der Waals surface area contributed by atoms with Gasteiger partial charge in [-0.15, -0.1) is 0 Å². The summed E-state index contributed by atoms with van der Waals surface area (Å²) in [5, 5.41) is 4.90. The second-order valence-corrected chi connectivity index (χ2v) is 4.88. The van der Waals surface area contributed by atoms with E-state index in [1.54, 1.807) is 0 Å². The normalized spacial score (nSPS) is 10.2. The molecule has 0 aliphatic carbocycles. The molecule has 4 nitrogen and oxygen atoms in total. The summed E-state index contributed by atoms with van der Waals surface area (Å²) in [5.41, 5.74) is 0.106. The summed E-state index contributed by atoms with van der Waals surface area (Å²) in [5.74, 6) is -2.60. The van der Waals surface area contributed by atoms with Crippen molar-refractivity contribution in [3.8, 4) is 0 Å². The van der Waals surface area contributed by atoms with E-state index < -0.39 is 23.2 Å². The van der Waals surface area contributed by atoms with Crippen molar-refractivity contribution in [2.45, 2.75) is 13.3 Å². The number of amides is 2. The zero-order chi connectivity index (χ0) is 16.8. The molecule has 2 aromatic carbocycles. The number of nitrogens with one attached hydrogen (secondary N) is 2. The first-order valence-corrected chi connectivity index (χ1v) is 7.16. The fourth-order valence-electron chi connectivity index (χ4n) is 1.92. The Labute approximate surface area is 132 Å². The number of benzene rings is 2. The van der Waals surface area contributed by atoms with Gasteiger partial charge in [-0.1, -0.05) is 13.0 Å². The molecule has 0 bridgehead atoms. The first-order chi connectivity index (χ1) is 11.0. The Bertz CT molecular complexity index is 695. The van der Waals surface area contributed by atoms with Crippen molar-refractivity contribution in [2.75, 3.05) is 11.9 Å². The molecule has 23 heavy (non-hydrogen) atoms. The van der Waals surface area contributed by atoms with Crippen molar-refractivity contribution in [1.82, 2.24) is 5.32 Å². The highest BCUT2D eigenvalue weighted by Gasteiger charge is 2.14. The highest BCUT2D eigenvalue weighted by atomic mass is 19.1. The molecule has 0 spiro atoms. The molecule has 0 saturated carbocycles. The molecule has 0 heterocycles. The molecular formula is C17H16F2N2O2. The van der Waals surface area contributed by atoms with Crippen molar-refractivity contribution in [1.29, 1.82) is 0 Å². The van der Waals surface area contributed by atoms with Gasteiger partial charge in [0.1, 0.15) is 17.3 Å². The van der Waals surface area contributed by atoms with Crippen LogP contribution in [-0.2, 0) is 0 Å². The van der Waals surface area contributed by atoms with Gasteiger partial charge in [-0.2, -0.15) is 0 Å². The zero-order valence-electron chi connectivity index (χ0n) is 12.5. The lowest BCUT2D eigenvalue weighted by Gasteiger charge is -2.08. The Balaban J connectivity index is 2.10. The van der Waals surface area contributed by atoms with E-state index in [-0.39, 0.29) is 11.5 Å². The Morgan fingerprint density at radius 3 is 1.96 bits per heavy atom. The maximum atomic E-state index is 13.5. The van der Waals surface area contributed by atoms with Crippen molar-refractivity contribution < 1.29 is 18.4 Å². The predicted octanol–water partition coefficient (Wildman–Crippen LogP) is 3.36. The van der Waals surface area contributed by atoms with Crippen LogP contribution in [0.4, 0.5) is 14.5 Å². The van der Waals surface area contributed by atoms with E-state index in [2.05, 4.69) is 10.6 Å². The van der Waals surface area contributed by atoms with Crippen LogP contribution in [0.15, 0.2) is 42.5 Å². The summed E-state index contributed by atoms with van der Waals surface area (Å²) in [6.07, 6.45) is 0.820. The molecule has 0 fully saturated rings. The topological polar surface area (TPSA) is 58.2 Å². The molecule has 0 unspecified atom stereocenters. The Morgan fingerprint density at radius 1 is 0.913 bits per heavy atom. The van der Waals surface area contributed by atoms with Crippen molar-refractivity contribution in [2.24, 2.45) is 0 Å². The number of carbonyl (C=O) groups excluding carboxylic acids is 2. The van der Waals surface area contributed by atoms with Gasteiger partial charge in [0.15, 0.2) is 0 Å². The third-order valence-corrected chi connectivity index (χ3v) is 3.15. The summed E-state index contributed by atoms with van der Waals surface area (Å²) >= 11 is 0. The summed E-state index contributed by atoms with van der Waals surface area (Å²) in [6.45, 7) is 2.50. The summed E-state index contributed by atoms with van der Waals surface area (Å²) in [4.78, 5) is 23.8. The number of carbonyl (C=O) groups is 2. The van der Waals surface area contributed by atoms with Crippen LogP contribution < -0.4 is 10.6 Å². The van der Waals surface area contributed by atoms with E-state index in [0.717, 1.165) is 18.6 Å². The number of hydrogen-bond acceptors (Lipinski definition) is 2. The zero-order valence-corrected chi connectivity index (χ0v) is 12.5. The molecule has 2 aromatic rings. The fourth-order valence-corrected chi connectivity index (χ4v) is 1.92. The largest absolute Gasteiger partial charge is 0.352 e. The fraction of sp³-hybridized carbons (Fsp3) is 0.176. The number of para-hydroxylation sites is 1. The van der Waals surface area contributed by atoms with Crippen LogP contribution in [0.1, 0.15) is 34.1 Å². The van der Waals surface area contributed by atoms with Crippen molar-refractivity contribution in [3.63, 3.8) is 0 Å². The highest BCUT2D eigenvalue weighted by Crippen LogP contribution is 2.19. The molecule has 0 saturated heterocycles. The third kappa shape index (κ3) is 4.12. The molecule has 0 radical (unpaired) electrons. The third-order valence-electron chi connectivity index (χ3n) is 3.15. The molecule has 2 amide bonds. The molecule has 2 rings (SSSR count). The Hall–Kier alpha value is -2.76.